The third-order valence-electron chi connectivity index (χ3n) is 6.42. The molecule has 0 spiro atoms. The SMILES string of the molecule is Cc1cc([C@H](C(=O)N2C[C@@H](O)C[C@@H]2C(=O)NCc2ccc(-c3scnc3C)cc2NI)C(C)C)on1. The molecule has 9 nitrogen and oxygen atoms in total. The minimum atomic E-state index is -0.762. The van der Waals surface area contributed by atoms with E-state index in [0.717, 1.165) is 27.4 Å². The van der Waals surface area contributed by atoms with E-state index >= 15 is 0 Å². The maximum Gasteiger partial charge on any atom is 0.243 e. The van der Waals surface area contributed by atoms with Crippen molar-refractivity contribution >= 4 is 51.7 Å². The summed E-state index contributed by atoms with van der Waals surface area (Å²) in [6, 6.07) is 7.02. The van der Waals surface area contributed by atoms with Gasteiger partial charge in [0.15, 0.2) is 0 Å². The van der Waals surface area contributed by atoms with E-state index in [-0.39, 0.29) is 37.2 Å². The van der Waals surface area contributed by atoms with Crippen LogP contribution in [0.2, 0.25) is 0 Å². The summed E-state index contributed by atoms with van der Waals surface area (Å²) >= 11 is 3.66. The summed E-state index contributed by atoms with van der Waals surface area (Å²) in [4.78, 5) is 33.7. The average Bonchev–Trinajstić information content (AvgIpc) is 3.57. The third-order valence-corrected chi connectivity index (χ3v) is 7.98. The number of nitrogens with one attached hydrogen (secondary N) is 2. The van der Waals surface area contributed by atoms with Crippen molar-refractivity contribution in [2.45, 2.75) is 58.7 Å². The van der Waals surface area contributed by atoms with Crippen LogP contribution in [0.5, 0.6) is 0 Å². The largest absolute Gasteiger partial charge is 0.391 e. The number of carbonyl (C=O) groups excluding carboxylic acids is 2. The molecule has 36 heavy (non-hydrogen) atoms. The van der Waals surface area contributed by atoms with E-state index in [2.05, 4.69) is 41.9 Å². The lowest BCUT2D eigenvalue weighted by atomic mass is 9.91. The smallest absolute Gasteiger partial charge is 0.243 e. The number of halogens is 1. The minimum absolute atomic E-state index is 0.0655. The molecule has 3 atom stereocenters. The Morgan fingerprint density at radius 2 is 2.08 bits per heavy atom. The van der Waals surface area contributed by atoms with Crippen LogP contribution in [0.3, 0.4) is 0 Å². The molecule has 1 aromatic carbocycles. The van der Waals surface area contributed by atoms with E-state index < -0.39 is 18.1 Å². The van der Waals surface area contributed by atoms with Gasteiger partial charge in [-0.15, -0.1) is 11.3 Å². The van der Waals surface area contributed by atoms with Gasteiger partial charge in [-0.2, -0.15) is 0 Å². The second kappa shape index (κ2) is 11.3. The third kappa shape index (κ3) is 5.57. The number of hydrogen-bond acceptors (Lipinski definition) is 8. The molecule has 1 aliphatic heterocycles. The van der Waals surface area contributed by atoms with Gasteiger partial charge in [-0.05, 0) is 37.0 Å². The number of aromatic nitrogens is 2. The first-order chi connectivity index (χ1) is 17.2. The maximum absolute atomic E-state index is 13.5. The number of aryl methyl sites for hydroxylation is 2. The highest BCUT2D eigenvalue weighted by atomic mass is 127. The van der Waals surface area contributed by atoms with E-state index in [0.29, 0.717) is 11.5 Å². The molecule has 1 aliphatic rings. The number of hydrogen-bond donors (Lipinski definition) is 3. The molecule has 11 heteroatoms. The second-order valence-electron chi connectivity index (χ2n) is 9.44. The number of carbonyl (C=O) groups is 2. The Morgan fingerprint density at radius 1 is 1.31 bits per heavy atom. The number of nitrogens with zero attached hydrogens (tertiary/aromatic N) is 3. The fourth-order valence-electron chi connectivity index (χ4n) is 4.59. The van der Waals surface area contributed by atoms with E-state index in [4.69, 9.17) is 4.52 Å². The zero-order valence-corrected chi connectivity index (χ0v) is 23.6. The molecule has 1 saturated heterocycles. The zero-order chi connectivity index (χ0) is 26.0. The summed E-state index contributed by atoms with van der Waals surface area (Å²) in [5.74, 6) is -0.703. The number of aliphatic hydroxyl groups excluding tert-OH is 1. The fourth-order valence-corrected chi connectivity index (χ4v) is 5.89. The van der Waals surface area contributed by atoms with E-state index in [1.807, 2.05) is 44.5 Å². The first kappa shape index (κ1) is 26.6. The van der Waals surface area contributed by atoms with E-state index in [9.17, 15) is 14.7 Å². The van der Waals surface area contributed by atoms with Gasteiger partial charge in [0.25, 0.3) is 0 Å². The Morgan fingerprint density at radius 3 is 2.69 bits per heavy atom. The zero-order valence-electron chi connectivity index (χ0n) is 20.6. The summed E-state index contributed by atoms with van der Waals surface area (Å²) < 4.78 is 8.57. The number of amides is 2. The van der Waals surface area contributed by atoms with Crippen molar-refractivity contribution in [1.82, 2.24) is 20.4 Å². The van der Waals surface area contributed by atoms with Gasteiger partial charge in [-0.1, -0.05) is 31.1 Å². The summed E-state index contributed by atoms with van der Waals surface area (Å²) in [6.45, 7) is 8.03. The van der Waals surface area contributed by atoms with Gasteiger partial charge in [-0.3, -0.25) is 9.59 Å². The molecule has 0 aliphatic carbocycles. The number of rotatable bonds is 8. The van der Waals surface area contributed by atoms with Crippen LogP contribution in [0.1, 0.15) is 48.9 Å². The van der Waals surface area contributed by atoms with Crippen LogP contribution < -0.4 is 8.85 Å². The minimum Gasteiger partial charge on any atom is -0.391 e. The number of anilines is 1. The second-order valence-corrected chi connectivity index (χ2v) is 10.8. The molecule has 1 fully saturated rings. The van der Waals surface area contributed by atoms with Crippen LogP contribution in [0.4, 0.5) is 5.69 Å². The van der Waals surface area contributed by atoms with Crippen molar-refractivity contribution in [2.75, 3.05) is 10.1 Å². The fraction of sp³-hybridized carbons (Fsp3) is 0.440. The Balaban J connectivity index is 1.48. The molecular formula is C25H30IN5O4S. The molecule has 0 bridgehead atoms. The van der Waals surface area contributed by atoms with E-state index in [1.54, 1.807) is 24.3 Å². The van der Waals surface area contributed by atoms with Gasteiger partial charge in [0.2, 0.25) is 11.8 Å². The Hall–Kier alpha value is -2.51. The van der Waals surface area contributed by atoms with Crippen LogP contribution in [0.15, 0.2) is 34.3 Å². The van der Waals surface area contributed by atoms with Gasteiger partial charge in [0.1, 0.15) is 17.7 Å². The van der Waals surface area contributed by atoms with Crippen molar-refractivity contribution in [2.24, 2.45) is 5.92 Å². The predicted molar refractivity (Wildman–Crippen MR) is 147 cm³/mol. The van der Waals surface area contributed by atoms with Crippen molar-refractivity contribution in [3.8, 4) is 10.4 Å². The van der Waals surface area contributed by atoms with Crippen LogP contribution in [-0.2, 0) is 16.1 Å². The molecule has 3 aromatic rings. The van der Waals surface area contributed by atoms with Crippen molar-refractivity contribution in [3.05, 3.63) is 52.5 Å². The summed E-state index contributed by atoms with van der Waals surface area (Å²) in [5.41, 5.74) is 6.35. The molecule has 3 heterocycles. The average molecular weight is 624 g/mol. The number of β-amino-alcohol motifs (C(OH)–C–C–N with tert-alkyl or cyclic N) is 1. The van der Waals surface area contributed by atoms with Gasteiger partial charge in [0, 0.05) is 31.3 Å². The molecular weight excluding hydrogens is 593 g/mol. The summed E-state index contributed by atoms with van der Waals surface area (Å²) in [7, 11) is 0. The molecule has 192 valence electrons. The quantitative estimate of drug-likeness (QED) is 0.254. The Kier molecular flexibility index (Phi) is 8.30. The molecule has 2 aromatic heterocycles. The molecule has 3 N–H and O–H groups in total. The lowest BCUT2D eigenvalue weighted by Gasteiger charge is -2.28. The lowest BCUT2D eigenvalue weighted by molar-refractivity contribution is -0.141. The van der Waals surface area contributed by atoms with Crippen LogP contribution in [-0.4, -0.2) is 50.7 Å². The van der Waals surface area contributed by atoms with Crippen LogP contribution >= 0.6 is 34.2 Å². The van der Waals surface area contributed by atoms with Gasteiger partial charge < -0.3 is 23.4 Å². The van der Waals surface area contributed by atoms with E-state index in [1.165, 1.54) is 4.90 Å². The standard InChI is InChI=1S/C25H30IN5O4S/c1-13(2)22(21-7-14(3)30-35-21)25(34)31-11-18(32)9-20(31)24(33)27-10-17-6-5-16(8-19(17)29-26)23-15(4)28-12-36-23/h5-8,12-13,18,20,22,29,32H,9-11H2,1-4H3,(H,27,33)/t18-,20+,22+/m0/s1. The molecule has 0 unspecified atom stereocenters. The first-order valence-electron chi connectivity index (χ1n) is 11.8. The van der Waals surface area contributed by atoms with Gasteiger partial charge in [0.05, 0.1) is 50.7 Å². The Labute approximate surface area is 228 Å². The van der Waals surface area contributed by atoms with Gasteiger partial charge >= 0.3 is 0 Å². The van der Waals surface area contributed by atoms with Crippen LogP contribution in [0, 0.1) is 19.8 Å². The van der Waals surface area contributed by atoms with Gasteiger partial charge in [-0.25, -0.2) is 4.98 Å². The topological polar surface area (TPSA) is 121 Å². The molecule has 0 radical (unpaired) electrons. The molecule has 2 amide bonds. The highest BCUT2D eigenvalue weighted by molar-refractivity contribution is 14.1. The molecule has 0 saturated carbocycles. The highest BCUT2D eigenvalue weighted by Crippen LogP contribution is 2.33. The van der Waals surface area contributed by atoms with Crippen molar-refractivity contribution in [1.29, 1.82) is 0 Å². The number of likely N-dealkylation sites (tertiary alicyclic amines) is 1. The normalized spacial score (nSPS) is 18.5. The monoisotopic (exact) mass is 623 g/mol. The lowest BCUT2D eigenvalue weighted by Crippen LogP contribution is -2.48. The predicted octanol–water partition coefficient (Wildman–Crippen LogP) is 4.19. The Bertz CT molecular complexity index is 1240. The van der Waals surface area contributed by atoms with Crippen molar-refractivity contribution < 1.29 is 19.2 Å². The summed E-state index contributed by atoms with van der Waals surface area (Å²) in [6.07, 6.45) is -0.568. The van der Waals surface area contributed by atoms with Crippen molar-refractivity contribution in [3.63, 3.8) is 0 Å². The summed E-state index contributed by atoms with van der Waals surface area (Å²) in [5, 5.41) is 17.2. The van der Waals surface area contributed by atoms with Crippen LogP contribution in [0.25, 0.3) is 10.4 Å². The first-order valence-corrected chi connectivity index (χ1v) is 13.7. The number of benzene rings is 1. The number of thiazole rings is 1. The molecule has 4 rings (SSSR count). The number of aliphatic hydroxyl groups is 1. The highest BCUT2D eigenvalue weighted by Gasteiger charge is 2.43. The maximum atomic E-state index is 13.5.